The van der Waals surface area contributed by atoms with Gasteiger partial charge in [0.05, 0.1) is 18.9 Å². The number of aryl methyl sites for hydroxylation is 1. The van der Waals surface area contributed by atoms with Crippen molar-refractivity contribution in [3.05, 3.63) is 34.5 Å². The zero-order valence-electron chi connectivity index (χ0n) is 10.3. The molecule has 98 valence electrons. The molecule has 7 heteroatoms. The average Bonchev–Trinajstić information content (AvgIpc) is 2.64. The first kappa shape index (κ1) is 10.6. The predicted octanol–water partition coefficient (Wildman–Crippen LogP) is -0.229. The molecule has 2 aliphatic heterocycles. The zero-order chi connectivity index (χ0) is 13.2. The second kappa shape index (κ2) is 3.18. The lowest BCUT2D eigenvalue weighted by molar-refractivity contribution is -0.176. The van der Waals surface area contributed by atoms with Gasteiger partial charge in [0.15, 0.2) is 5.82 Å². The Morgan fingerprint density at radius 1 is 1.42 bits per heavy atom. The van der Waals surface area contributed by atoms with Crippen LogP contribution in [-0.2, 0) is 17.4 Å². The van der Waals surface area contributed by atoms with Crippen LogP contribution in [0.25, 0.3) is 5.69 Å². The van der Waals surface area contributed by atoms with E-state index < -0.39 is 5.60 Å². The van der Waals surface area contributed by atoms with E-state index in [1.807, 2.05) is 0 Å². The van der Waals surface area contributed by atoms with E-state index in [9.17, 15) is 4.79 Å². The number of nitrogens with two attached hydrogens (primary N) is 1. The van der Waals surface area contributed by atoms with Crippen molar-refractivity contribution >= 4 is 5.69 Å². The maximum Gasteiger partial charge on any atom is 0.350 e. The van der Waals surface area contributed by atoms with Gasteiger partial charge in [0.1, 0.15) is 5.75 Å². The Bertz CT molecular complexity index is 742. The Kier molecular flexibility index (Phi) is 1.78. The van der Waals surface area contributed by atoms with Gasteiger partial charge in [-0.3, -0.25) is 0 Å². The van der Waals surface area contributed by atoms with Gasteiger partial charge < -0.3 is 15.2 Å². The molecule has 3 heterocycles. The highest BCUT2D eigenvalue weighted by atomic mass is 16.6. The van der Waals surface area contributed by atoms with Crippen LogP contribution in [0.2, 0.25) is 0 Å². The minimum absolute atomic E-state index is 0.212. The summed E-state index contributed by atoms with van der Waals surface area (Å²) >= 11 is 0. The summed E-state index contributed by atoms with van der Waals surface area (Å²) in [5.41, 5.74) is 6.13. The first-order valence-electron chi connectivity index (χ1n) is 5.94. The predicted molar refractivity (Wildman–Crippen MR) is 66.3 cm³/mol. The quantitative estimate of drug-likeness (QED) is 0.661. The van der Waals surface area contributed by atoms with Gasteiger partial charge >= 0.3 is 5.69 Å². The SMILES string of the molecule is Cn1nc2n(c1=O)-c1cc(N)ccc1OC21COC1. The monoisotopic (exact) mass is 260 g/mol. The molecule has 1 spiro atoms. The van der Waals surface area contributed by atoms with Crippen LogP contribution in [0.4, 0.5) is 5.69 Å². The molecular weight excluding hydrogens is 248 g/mol. The Labute approximate surface area is 108 Å². The van der Waals surface area contributed by atoms with Crippen LogP contribution in [0.3, 0.4) is 0 Å². The van der Waals surface area contributed by atoms with Crippen LogP contribution in [0.15, 0.2) is 23.0 Å². The molecule has 2 aromatic rings. The van der Waals surface area contributed by atoms with Gasteiger partial charge in [-0.1, -0.05) is 0 Å². The Morgan fingerprint density at radius 3 is 2.89 bits per heavy atom. The van der Waals surface area contributed by atoms with Gasteiger partial charge in [0.25, 0.3) is 0 Å². The van der Waals surface area contributed by atoms with Gasteiger partial charge in [-0.25, -0.2) is 14.0 Å². The van der Waals surface area contributed by atoms with E-state index in [2.05, 4.69) is 5.10 Å². The number of ether oxygens (including phenoxy) is 2. The van der Waals surface area contributed by atoms with Crippen LogP contribution in [0.1, 0.15) is 5.82 Å². The van der Waals surface area contributed by atoms with Crippen LogP contribution < -0.4 is 16.2 Å². The normalized spacial score (nSPS) is 18.4. The lowest BCUT2D eigenvalue weighted by atomic mass is 9.98. The number of rotatable bonds is 0. The summed E-state index contributed by atoms with van der Waals surface area (Å²) in [4.78, 5) is 12.2. The fourth-order valence-electron chi connectivity index (χ4n) is 2.50. The van der Waals surface area contributed by atoms with E-state index in [1.165, 1.54) is 4.68 Å². The van der Waals surface area contributed by atoms with E-state index >= 15 is 0 Å². The molecule has 1 aromatic carbocycles. The number of benzene rings is 1. The lowest BCUT2D eigenvalue weighted by Crippen LogP contribution is -2.55. The fourth-order valence-corrected chi connectivity index (χ4v) is 2.50. The number of nitrogen functional groups attached to an aromatic ring is 1. The van der Waals surface area contributed by atoms with Gasteiger partial charge in [-0.15, -0.1) is 0 Å². The second-order valence-electron chi connectivity index (χ2n) is 4.88. The number of aromatic nitrogens is 3. The third kappa shape index (κ3) is 1.20. The number of fused-ring (bicyclic) bond motifs is 4. The highest BCUT2D eigenvalue weighted by Crippen LogP contribution is 2.41. The third-order valence-electron chi connectivity index (χ3n) is 3.53. The Hall–Kier alpha value is -2.28. The molecule has 7 nitrogen and oxygen atoms in total. The topological polar surface area (TPSA) is 84.3 Å². The minimum Gasteiger partial charge on any atom is -0.472 e. The summed E-state index contributed by atoms with van der Waals surface area (Å²) in [5, 5.41) is 4.28. The first-order chi connectivity index (χ1) is 9.11. The van der Waals surface area contributed by atoms with Gasteiger partial charge in [-0.05, 0) is 18.2 Å². The third-order valence-corrected chi connectivity index (χ3v) is 3.53. The van der Waals surface area contributed by atoms with Crippen molar-refractivity contribution in [2.45, 2.75) is 5.60 Å². The molecule has 19 heavy (non-hydrogen) atoms. The van der Waals surface area contributed by atoms with Gasteiger partial charge in [-0.2, -0.15) is 5.10 Å². The van der Waals surface area contributed by atoms with E-state index in [0.29, 0.717) is 36.2 Å². The van der Waals surface area contributed by atoms with Crippen molar-refractivity contribution in [2.24, 2.45) is 7.05 Å². The van der Waals surface area contributed by atoms with Gasteiger partial charge in [0.2, 0.25) is 5.60 Å². The molecule has 1 fully saturated rings. The maximum absolute atomic E-state index is 12.2. The summed E-state index contributed by atoms with van der Waals surface area (Å²) in [6.07, 6.45) is 0. The van der Waals surface area contributed by atoms with E-state index in [1.54, 1.807) is 29.8 Å². The average molecular weight is 260 g/mol. The number of hydrogen-bond donors (Lipinski definition) is 1. The minimum atomic E-state index is -0.649. The molecular formula is C12H12N4O3. The Morgan fingerprint density at radius 2 is 2.21 bits per heavy atom. The number of hydrogen-bond acceptors (Lipinski definition) is 5. The number of anilines is 1. The summed E-state index contributed by atoms with van der Waals surface area (Å²) in [6, 6.07) is 5.24. The van der Waals surface area contributed by atoms with Crippen LogP contribution in [0.5, 0.6) is 5.75 Å². The molecule has 1 saturated heterocycles. The van der Waals surface area contributed by atoms with Crippen molar-refractivity contribution in [2.75, 3.05) is 18.9 Å². The standard InChI is InChI=1S/C12H12N4O3/c1-15-11(17)16-8-4-7(13)2-3-9(8)19-12(5-18-6-12)10(16)14-15/h2-4H,5-6,13H2,1H3. The summed E-state index contributed by atoms with van der Waals surface area (Å²) in [6.45, 7) is 0.792. The summed E-state index contributed by atoms with van der Waals surface area (Å²) < 4.78 is 14.1. The van der Waals surface area contributed by atoms with Crippen molar-refractivity contribution in [3.63, 3.8) is 0 Å². The Balaban J connectivity index is 2.07. The maximum atomic E-state index is 12.2. The zero-order valence-corrected chi connectivity index (χ0v) is 10.3. The van der Waals surface area contributed by atoms with Crippen LogP contribution in [-0.4, -0.2) is 27.6 Å². The van der Waals surface area contributed by atoms with Crippen molar-refractivity contribution in [1.29, 1.82) is 0 Å². The molecule has 2 aliphatic rings. The van der Waals surface area contributed by atoms with Crippen molar-refractivity contribution in [1.82, 2.24) is 14.3 Å². The largest absolute Gasteiger partial charge is 0.472 e. The second-order valence-corrected chi connectivity index (χ2v) is 4.88. The molecule has 1 aromatic heterocycles. The molecule has 0 unspecified atom stereocenters. The first-order valence-corrected chi connectivity index (χ1v) is 5.94. The van der Waals surface area contributed by atoms with Crippen molar-refractivity contribution < 1.29 is 9.47 Å². The van der Waals surface area contributed by atoms with Crippen LogP contribution in [0, 0.1) is 0 Å². The molecule has 2 N–H and O–H groups in total. The van der Waals surface area contributed by atoms with Crippen molar-refractivity contribution in [3.8, 4) is 11.4 Å². The van der Waals surface area contributed by atoms with E-state index in [-0.39, 0.29) is 5.69 Å². The highest BCUT2D eigenvalue weighted by molar-refractivity contribution is 5.58. The molecule has 4 rings (SSSR count). The summed E-state index contributed by atoms with van der Waals surface area (Å²) in [7, 11) is 1.62. The highest BCUT2D eigenvalue weighted by Gasteiger charge is 2.51. The molecule has 0 saturated carbocycles. The van der Waals surface area contributed by atoms with Gasteiger partial charge in [0, 0.05) is 12.7 Å². The number of nitrogens with zero attached hydrogens (tertiary/aromatic N) is 3. The molecule has 0 aliphatic carbocycles. The smallest absolute Gasteiger partial charge is 0.350 e. The fraction of sp³-hybridized carbons (Fsp3) is 0.333. The van der Waals surface area contributed by atoms with E-state index in [0.717, 1.165) is 0 Å². The molecule has 0 amide bonds. The lowest BCUT2D eigenvalue weighted by Gasteiger charge is -2.43. The van der Waals surface area contributed by atoms with Crippen LogP contribution >= 0.6 is 0 Å². The molecule has 0 radical (unpaired) electrons. The molecule has 0 bridgehead atoms. The summed E-state index contributed by atoms with van der Waals surface area (Å²) in [5.74, 6) is 1.20. The molecule has 0 atom stereocenters. The van der Waals surface area contributed by atoms with E-state index in [4.69, 9.17) is 15.2 Å².